The van der Waals surface area contributed by atoms with Crippen LogP contribution in [-0.4, -0.2) is 12.1 Å². The van der Waals surface area contributed by atoms with E-state index >= 15 is 0 Å². The van der Waals surface area contributed by atoms with Gasteiger partial charge in [0.05, 0.1) is 11.7 Å². The van der Waals surface area contributed by atoms with Gasteiger partial charge in [-0.15, -0.1) is 0 Å². The fourth-order valence-corrected chi connectivity index (χ4v) is 2.05. The largest absolute Gasteiger partial charge is 0.365 e. The van der Waals surface area contributed by atoms with Gasteiger partial charge < -0.3 is 10.6 Å². The Morgan fingerprint density at radius 1 is 1.38 bits per heavy atom. The first kappa shape index (κ1) is 11.3. The van der Waals surface area contributed by atoms with Crippen molar-refractivity contribution < 1.29 is 4.79 Å². The maximum Gasteiger partial charge on any atom is 0.255 e. The second-order valence-electron chi connectivity index (χ2n) is 4.49. The number of rotatable bonds is 2. The summed E-state index contributed by atoms with van der Waals surface area (Å²) in [6.07, 6.45) is 0.925. The summed E-state index contributed by atoms with van der Waals surface area (Å²) in [6.45, 7) is 4.26. The van der Waals surface area contributed by atoms with E-state index in [4.69, 9.17) is 11.6 Å². The fourth-order valence-electron chi connectivity index (χ4n) is 1.88. The van der Waals surface area contributed by atoms with Gasteiger partial charge in [-0.25, -0.2) is 0 Å². The molecule has 0 bridgehead atoms. The molecule has 2 rings (SSSR count). The molecule has 1 aromatic carbocycles. The van der Waals surface area contributed by atoms with E-state index in [2.05, 4.69) is 24.5 Å². The molecule has 1 aromatic rings. The van der Waals surface area contributed by atoms with Gasteiger partial charge in [0, 0.05) is 10.7 Å². The predicted molar refractivity (Wildman–Crippen MR) is 65.8 cm³/mol. The molecule has 16 heavy (non-hydrogen) atoms. The average molecular weight is 239 g/mol. The molecule has 0 unspecified atom stereocenters. The highest BCUT2D eigenvalue weighted by atomic mass is 35.5. The van der Waals surface area contributed by atoms with Crippen molar-refractivity contribution in [2.45, 2.75) is 26.4 Å². The zero-order valence-corrected chi connectivity index (χ0v) is 10.1. The van der Waals surface area contributed by atoms with Gasteiger partial charge in [0.2, 0.25) is 0 Å². The van der Waals surface area contributed by atoms with Gasteiger partial charge in [0.1, 0.15) is 0 Å². The quantitative estimate of drug-likeness (QED) is 0.832. The first-order valence-electron chi connectivity index (χ1n) is 5.43. The lowest BCUT2D eigenvalue weighted by atomic mass is 10.0. The second kappa shape index (κ2) is 4.34. The summed E-state index contributed by atoms with van der Waals surface area (Å²) >= 11 is 5.85. The number of halogens is 1. The summed E-state index contributed by atoms with van der Waals surface area (Å²) < 4.78 is 0. The summed E-state index contributed by atoms with van der Waals surface area (Å²) in [7, 11) is 0. The van der Waals surface area contributed by atoms with E-state index < -0.39 is 0 Å². The third-order valence-corrected chi connectivity index (χ3v) is 2.80. The molecule has 0 fully saturated rings. The molecule has 1 heterocycles. The minimum absolute atomic E-state index is 0.0150. The number of anilines is 1. The Labute approximate surface area is 100 Å². The zero-order valence-electron chi connectivity index (χ0n) is 9.38. The van der Waals surface area contributed by atoms with Gasteiger partial charge in [0.25, 0.3) is 5.91 Å². The lowest BCUT2D eigenvalue weighted by Crippen LogP contribution is -2.45. The average Bonchev–Trinajstić information content (AvgIpc) is 2.18. The molecule has 1 atom stereocenters. The number of fused-ring (bicyclic) bond motifs is 1. The normalized spacial score (nSPS) is 19.0. The molecule has 1 aliphatic heterocycles. The van der Waals surface area contributed by atoms with Gasteiger partial charge in [-0.05, 0) is 30.5 Å². The van der Waals surface area contributed by atoms with Gasteiger partial charge in [-0.1, -0.05) is 25.4 Å². The smallest absolute Gasteiger partial charge is 0.255 e. The van der Waals surface area contributed by atoms with Crippen LogP contribution in [0, 0.1) is 5.92 Å². The van der Waals surface area contributed by atoms with Crippen LogP contribution >= 0.6 is 11.6 Å². The van der Waals surface area contributed by atoms with E-state index in [0.29, 0.717) is 16.5 Å². The number of carbonyl (C=O) groups excluding carboxylic acids is 1. The summed E-state index contributed by atoms with van der Waals surface area (Å²) in [6, 6.07) is 5.33. The van der Waals surface area contributed by atoms with Crippen LogP contribution < -0.4 is 10.6 Å². The second-order valence-corrected chi connectivity index (χ2v) is 4.93. The van der Waals surface area contributed by atoms with Gasteiger partial charge >= 0.3 is 0 Å². The van der Waals surface area contributed by atoms with E-state index in [-0.39, 0.29) is 12.1 Å². The monoisotopic (exact) mass is 238 g/mol. The SMILES string of the molecule is CC(C)C[C@H]1NC(=O)c2cc(Cl)ccc2N1. The highest BCUT2D eigenvalue weighted by Crippen LogP contribution is 2.25. The van der Waals surface area contributed by atoms with Crippen LogP contribution in [0.25, 0.3) is 0 Å². The highest BCUT2D eigenvalue weighted by molar-refractivity contribution is 6.31. The van der Waals surface area contributed by atoms with Crippen LogP contribution in [0.1, 0.15) is 30.6 Å². The van der Waals surface area contributed by atoms with E-state index in [1.54, 1.807) is 12.1 Å². The van der Waals surface area contributed by atoms with Crippen molar-refractivity contribution in [3.8, 4) is 0 Å². The van der Waals surface area contributed by atoms with Crippen molar-refractivity contribution in [2.75, 3.05) is 5.32 Å². The molecule has 1 aliphatic rings. The fraction of sp³-hybridized carbons (Fsp3) is 0.417. The van der Waals surface area contributed by atoms with Crippen LogP contribution in [0.3, 0.4) is 0 Å². The first-order valence-corrected chi connectivity index (χ1v) is 5.81. The predicted octanol–water partition coefficient (Wildman–Crippen LogP) is 2.87. The van der Waals surface area contributed by atoms with Crippen molar-refractivity contribution >= 4 is 23.2 Å². The molecular weight excluding hydrogens is 224 g/mol. The number of carbonyl (C=O) groups is 1. The van der Waals surface area contributed by atoms with E-state index in [1.807, 2.05) is 6.07 Å². The summed E-state index contributed by atoms with van der Waals surface area (Å²) in [5.74, 6) is 0.480. The van der Waals surface area contributed by atoms with E-state index in [9.17, 15) is 4.79 Å². The molecule has 0 aliphatic carbocycles. The minimum atomic E-state index is -0.0538. The van der Waals surface area contributed by atoms with Crippen LogP contribution in [0.2, 0.25) is 5.02 Å². The molecule has 3 nitrogen and oxygen atoms in total. The minimum Gasteiger partial charge on any atom is -0.365 e. The van der Waals surface area contributed by atoms with Crippen molar-refractivity contribution in [3.63, 3.8) is 0 Å². The summed E-state index contributed by atoms with van der Waals surface area (Å²) in [4.78, 5) is 11.8. The Hall–Kier alpha value is -1.22. The molecular formula is C12H15ClN2O. The number of nitrogens with one attached hydrogen (secondary N) is 2. The molecule has 0 saturated carbocycles. The molecule has 4 heteroatoms. The Bertz CT molecular complexity index is 417. The van der Waals surface area contributed by atoms with Crippen molar-refractivity contribution in [2.24, 2.45) is 5.92 Å². The van der Waals surface area contributed by atoms with E-state index in [0.717, 1.165) is 12.1 Å². The number of hydrogen-bond acceptors (Lipinski definition) is 2. The number of benzene rings is 1. The molecule has 86 valence electrons. The zero-order chi connectivity index (χ0) is 11.7. The Morgan fingerprint density at radius 3 is 2.81 bits per heavy atom. The topological polar surface area (TPSA) is 41.1 Å². The van der Waals surface area contributed by atoms with Gasteiger partial charge in [-0.3, -0.25) is 4.79 Å². The summed E-state index contributed by atoms with van der Waals surface area (Å²) in [5.41, 5.74) is 1.48. The van der Waals surface area contributed by atoms with Crippen molar-refractivity contribution in [1.29, 1.82) is 0 Å². The number of amides is 1. The van der Waals surface area contributed by atoms with Crippen molar-refractivity contribution in [3.05, 3.63) is 28.8 Å². The third-order valence-electron chi connectivity index (χ3n) is 2.57. The van der Waals surface area contributed by atoms with Crippen LogP contribution in [0.15, 0.2) is 18.2 Å². The maximum absolute atomic E-state index is 11.8. The number of hydrogen-bond donors (Lipinski definition) is 2. The maximum atomic E-state index is 11.8. The molecule has 0 saturated heterocycles. The van der Waals surface area contributed by atoms with Crippen molar-refractivity contribution in [1.82, 2.24) is 5.32 Å². The molecule has 0 spiro atoms. The first-order chi connectivity index (χ1) is 7.56. The van der Waals surface area contributed by atoms with E-state index in [1.165, 1.54) is 0 Å². The Morgan fingerprint density at radius 2 is 2.12 bits per heavy atom. The lowest BCUT2D eigenvalue weighted by Gasteiger charge is -2.29. The Balaban J connectivity index is 2.23. The lowest BCUT2D eigenvalue weighted by molar-refractivity contribution is 0.0931. The molecule has 2 N–H and O–H groups in total. The molecule has 0 aromatic heterocycles. The van der Waals surface area contributed by atoms with Crippen LogP contribution in [0.4, 0.5) is 5.69 Å². The van der Waals surface area contributed by atoms with Crippen LogP contribution in [-0.2, 0) is 0 Å². The van der Waals surface area contributed by atoms with Crippen LogP contribution in [0.5, 0.6) is 0 Å². The Kier molecular flexibility index (Phi) is 3.06. The standard InChI is InChI=1S/C12H15ClN2O/c1-7(2)5-11-14-10-4-3-8(13)6-9(10)12(16)15-11/h3-4,6-7,11,14H,5H2,1-2H3,(H,15,16)/t11-/m1/s1. The highest BCUT2D eigenvalue weighted by Gasteiger charge is 2.23. The summed E-state index contributed by atoms with van der Waals surface area (Å²) in [5, 5.41) is 6.80. The van der Waals surface area contributed by atoms with Gasteiger partial charge in [-0.2, -0.15) is 0 Å². The molecule has 1 amide bonds. The van der Waals surface area contributed by atoms with Gasteiger partial charge in [0.15, 0.2) is 0 Å². The third kappa shape index (κ3) is 2.30. The molecule has 0 radical (unpaired) electrons.